The first-order valence-corrected chi connectivity index (χ1v) is 6.06. The Bertz CT molecular complexity index is 194. The van der Waals surface area contributed by atoms with E-state index >= 15 is 0 Å². The van der Waals surface area contributed by atoms with Gasteiger partial charge >= 0.3 is 5.97 Å². The van der Waals surface area contributed by atoms with Gasteiger partial charge in [0.15, 0.2) is 0 Å². The van der Waals surface area contributed by atoms with Crippen molar-refractivity contribution in [3.05, 3.63) is 0 Å². The van der Waals surface area contributed by atoms with Crippen LogP contribution in [0.25, 0.3) is 0 Å². The van der Waals surface area contributed by atoms with E-state index in [-0.39, 0.29) is 12.6 Å². The molecule has 1 N–H and O–H groups in total. The van der Waals surface area contributed by atoms with Crippen LogP contribution in [0.15, 0.2) is 0 Å². The number of carbonyl (C=O) groups excluding carboxylic acids is 1. The maximum atomic E-state index is 10.9. The molecule has 1 atom stereocenters. The molecule has 0 aromatic rings. The van der Waals surface area contributed by atoms with Gasteiger partial charge in [-0.2, -0.15) is 0 Å². The number of esters is 1. The third-order valence-corrected chi connectivity index (χ3v) is 2.78. The lowest BCUT2D eigenvalue weighted by Gasteiger charge is -2.21. The zero-order chi connectivity index (χ0) is 12.6. The highest BCUT2D eigenvalue weighted by atomic mass is 16.5. The predicted octanol–water partition coefficient (Wildman–Crippen LogP) is 2.76. The summed E-state index contributed by atoms with van der Waals surface area (Å²) in [6.07, 6.45) is 4.31. The third-order valence-electron chi connectivity index (χ3n) is 2.78. The zero-order valence-electron chi connectivity index (χ0n) is 11.1. The molecule has 0 bridgehead atoms. The van der Waals surface area contributed by atoms with Gasteiger partial charge < -0.3 is 9.84 Å². The van der Waals surface area contributed by atoms with Crippen molar-refractivity contribution in [2.75, 3.05) is 13.7 Å². The smallest absolute Gasteiger partial charge is 0.305 e. The molecule has 3 nitrogen and oxygen atoms in total. The molecule has 0 radical (unpaired) electrons. The van der Waals surface area contributed by atoms with E-state index in [0.29, 0.717) is 17.8 Å². The van der Waals surface area contributed by atoms with Crippen LogP contribution in [0.4, 0.5) is 0 Å². The van der Waals surface area contributed by atoms with Gasteiger partial charge in [0, 0.05) is 13.0 Å². The minimum absolute atomic E-state index is 0.160. The minimum atomic E-state index is -0.160. The second-order valence-electron chi connectivity index (χ2n) is 5.62. The molecule has 3 heteroatoms. The molecule has 0 unspecified atom stereocenters. The molecule has 0 saturated carbocycles. The Morgan fingerprint density at radius 2 is 1.94 bits per heavy atom. The lowest BCUT2D eigenvalue weighted by Crippen LogP contribution is -2.13. The van der Waals surface area contributed by atoms with Crippen LogP contribution >= 0.6 is 0 Å². The van der Waals surface area contributed by atoms with E-state index in [9.17, 15) is 9.90 Å². The molecule has 0 aromatic heterocycles. The van der Waals surface area contributed by atoms with E-state index in [1.165, 1.54) is 7.11 Å². The van der Waals surface area contributed by atoms with Gasteiger partial charge in [0.05, 0.1) is 7.11 Å². The number of ether oxygens (including phenoxy) is 1. The van der Waals surface area contributed by atoms with Crippen LogP contribution in [0.3, 0.4) is 0 Å². The Balaban J connectivity index is 3.71. The topological polar surface area (TPSA) is 46.5 Å². The Labute approximate surface area is 99.2 Å². The molecular formula is C13H26O3. The van der Waals surface area contributed by atoms with E-state index in [1.54, 1.807) is 0 Å². The molecule has 16 heavy (non-hydrogen) atoms. The van der Waals surface area contributed by atoms with Gasteiger partial charge in [0.25, 0.3) is 0 Å². The van der Waals surface area contributed by atoms with Crippen molar-refractivity contribution in [2.45, 2.75) is 52.9 Å². The summed E-state index contributed by atoms with van der Waals surface area (Å²) in [6, 6.07) is 0. The summed E-state index contributed by atoms with van der Waals surface area (Å²) in [5.41, 5.74) is 0.315. The van der Waals surface area contributed by atoms with Gasteiger partial charge in [-0.15, -0.1) is 0 Å². The fourth-order valence-electron chi connectivity index (χ4n) is 1.60. The maximum absolute atomic E-state index is 10.9. The Hall–Kier alpha value is -0.570. The highest BCUT2D eigenvalue weighted by Gasteiger charge is 2.15. The Morgan fingerprint density at radius 1 is 1.31 bits per heavy atom. The molecule has 0 aromatic carbocycles. The number of carbonyl (C=O) groups is 1. The fourth-order valence-corrected chi connectivity index (χ4v) is 1.60. The Kier molecular flexibility index (Phi) is 7.39. The molecule has 0 aliphatic rings. The zero-order valence-corrected chi connectivity index (χ0v) is 11.1. The van der Waals surface area contributed by atoms with Gasteiger partial charge in [-0.25, -0.2) is 0 Å². The first-order chi connectivity index (χ1) is 7.39. The van der Waals surface area contributed by atoms with E-state index in [2.05, 4.69) is 25.5 Å². The minimum Gasteiger partial charge on any atom is -0.469 e. The summed E-state index contributed by atoms with van der Waals surface area (Å²) in [4.78, 5) is 10.9. The summed E-state index contributed by atoms with van der Waals surface area (Å²) < 4.78 is 4.58. The summed E-state index contributed by atoms with van der Waals surface area (Å²) >= 11 is 0. The average Bonchev–Trinajstić information content (AvgIpc) is 2.21. The van der Waals surface area contributed by atoms with Crippen molar-refractivity contribution in [1.82, 2.24) is 0 Å². The van der Waals surface area contributed by atoms with Crippen molar-refractivity contribution in [3.63, 3.8) is 0 Å². The van der Waals surface area contributed by atoms with Crippen molar-refractivity contribution in [1.29, 1.82) is 0 Å². The number of hydrogen-bond acceptors (Lipinski definition) is 3. The van der Waals surface area contributed by atoms with Crippen LogP contribution in [-0.2, 0) is 9.53 Å². The summed E-state index contributed by atoms with van der Waals surface area (Å²) in [5, 5.41) is 9.23. The standard InChI is InChI=1S/C13H26O3/c1-13(2,3)9-8-11(10-14)6-5-7-12(15)16-4/h11,14H,5-10H2,1-4H3/t11-/m1/s1. The van der Waals surface area contributed by atoms with Gasteiger partial charge in [0.1, 0.15) is 0 Å². The fraction of sp³-hybridized carbons (Fsp3) is 0.923. The average molecular weight is 230 g/mol. The van der Waals surface area contributed by atoms with E-state index in [4.69, 9.17) is 0 Å². The monoisotopic (exact) mass is 230 g/mol. The lowest BCUT2D eigenvalue weighted by molar-refractivity contribution is -0.140. The highest BCUT2D eigenvalue weighted by molar-refractivity contribution is 5.68. The number of aliphatic hydroxyl groups excluding tert-OH is 1. The van der Waals surface area contributed by atoms with Crippen LogP contribution in [0.2, 0.25) is 0 Å². The van der Waals surface area contributed by atoms with Crippen molar-refractivity contribution in [3.8, 4) is 0 Å². The predicted molar refractivity (Wildman–Crippen MR) is 65.1 cm³/mol. The highest BCUT2D eigenvalue weighted by Crippen LogP contribution is 2.25. The normalized spacial score (nSPS) is 13.6. The molecule has 0 heterocycles. The van der Waals surface area contributed by atoms with Gasteiger partial charge in [-0.3, -0.25) is 4.79 Å². The van der Waals surface area contributed by atoms with Crippen LogP contribution in [0.1, 0.15) is 52.9 Å². The van der Waals surface area contributed by atoms with Crippen LogP contribution in [0.5, 0.6) is 0 Å². The molecule has 0 fully saturated rings. The third kappa shape index (κ3) is 8.72. The first-order valence-electron chi connectivity index (χ1n) is 6.06. The molecule has 0 rings (SSSR count). The number of hydrogen-bond donors (Lipinski definition) is 1. The molecule has 0 spiro atoms. The summed E-state index contributed by atoms with van der Waals surface area (Å²) in [7, 11) is 1.41. The van der Waals surface area contributed by atoms with Crippen LogP contribution in [-0.4, -0.2) is 24.8 Å². The largest absolute Gasteiger partial charge is 0.469 e. The Morgan fingerprint density at radius 3 is 2.38 bits per heavy atom. The second kappa shape index (κ2) is 7.66. The molecule has 0 aliphatic heterocycles. The lowest BCUT2D eigenvalue weighted by atomic mass is 9.85. The van der Waals surface area contributed by atoms with Gasteiger partial charge in [-0.1, -0.05) is 20.8 Å². The maximum Gasteiger partial charge on any atom is 0.305 e. The van der Waals surface area contributed by atoms with Gasteiger partial charge in [0.2, 0.25) is 0 Å². The summed E-state index contributed by atoms with van der Waals surface area (Å²) in [5.74, 6) is 0.163. The van der Waals surface area contributed by atoms with Gasteiger partial charge in [-0.05, 0) is 37.0 Å². The van der Waals surface area contributed by atoms with Crippen molar-refractivity contribution < 1.29 is 14.6 Å². The molecule has 96 valence electrons. The van der Waals surface area contributed by atoms with Crippen molar-refractivity contribution >= 4 is 5.97 Å². The van der Waals surface area contributed by atoms with Crippen molar-refractivity contribution in [2.24, 2.45) is 11.3 Å². The molecule has 0 saturated heterocycles. The molecular weight excluding hydrogens is 204 g/mol. The molecule has 0 aliphatic carbocycles. The quantitative estimate of drug-likeness (QED) is 0.684. The number of rotatable bonds is 7. The number of methoxy groups -OCH3 is 1. The molecule has 0 amide bonds. The van der Waals surface area contributed by atoms with Crippen LogP contribution < -0.4 is 0 Å². The summed E-state index contributed by atoms with van der Waals surface area (Å²) in [6.45, 7) is 6.83. The number of aliphatic hydroxyl groups is 1. The SMILES string of the molecule is COC(=O)CCC[C@@H](CO)CCC(C)(C)C. The van der Waals surface area contributed by atoms with Crippen LogP contribution in [0, 0.1) is 11.3 Å². The van der Waals surface area contributed by atoms with E-state index in [1.807, 2.05) is 0 Å². The van der Waals surface area contributed by atoms with E-state index < -0.39 is 0 Å². The first kappa shape index (κ1) is 15.4. The second-order valence-corrected chi connectivity index (χ2v) is 5.62. The van der Waals surface area contributed by atoms with E-state index in [0.717, 1.165) is 25.7 Å².